The standard InChI is InChI=1S/C26H24N2O5S2/c29-19-15-35-25-21(27-20(30)14-18-12-7-13-34-18)24(31)28(25)22(19)26(32)33-23(16-8-3-1-4-9-16)17-10-5-2-6-11-17/h1-13,19,21-23,25,29H,14-15H2,(H,27,30)/t19?,21-,22-,25+/m1/s1. The third kappa shape index (κ3) is 4.84. The number of aliphatic hydroxyl groups is 1. The Labute approximate surface area is 211 Å². The highest BCUT2D eigenvalue weighted by Crippen LogP contribution is 2.39. The van der Waals surface area contributed by atoms with Crippen molar-refractivity contribution in [3.8, 4) is 0 Å². The number of nitrogens with zero attached hydrogens (tertiary/aromatic N) is 1. The van der Waals surface area contributed by atoms with E-state index in [1.54, 1.807) is 0 Å². The van der Waals surface area contributed by atoms with Crippen LogP contribution in [0.2, 0.25) is 0 Å². The number of thioether (sulfide) groups is 1. The van der Waals surface area contributed by atoms with Crippen LogP contribution in [0.5, 0.6) is 0 Å². The molecule has 2 aliphatic heterocycles. The summed E-state index contributed by atoms with van der Waals surface area (Å²) in [6.07, 6.45) is -1.55. The summed E-state index contributed by atoms with van der Waals surface area (Å²) >= 11 is 2.83. The zero-order valence-electron chi connectivity index (χ0n) is 18.7. The molecule has 3 heterocycles. The number of hydrogen-bond donors (Lipinski definition) is 2. The summed E-state index contributed by atoms with van der Waals surface area (Å²) < 4.78 is 5.93. The third-order valence-corrected chi connectivity index (χ3v) is 8.34. The van der Waals surface area contributed by atoms with Crippen LogP contribution in [-0.2, 0) is 25.5 Å². The number of hydrogen-bond acceptors (Lipinski definition) is 7. The Morgan fingerprint density at radius 1 is 1.03 bits per heavy atom. The van der Waals surface area contributed by atoms with Crippen molar-refractivity contribution < 1.29 is 24.2 Å². The molecule has 2 aliphatic rings. The molecule has 5 rings (SSSR count). The third-order valence-electron chi connectivity index (χ3n) is 6.09. The fraction of sp³-hybridized carbons (Fsp3) is 0.269. The van der Waals surface area contributed by atoms with E-state index in [1.807, 2.05) is 78.2 Å². The van der Waals surface area contributed by atoms with Gasteiger partial charge in [0.05, 0.1) is 12.5 Å². The molecule has 7 nitrogen and oxygen atoms in total. The maximum absolute atomic E-state index is 13.4. The number of ether oxygens (including phenoxy) is 1. The second kappa shape index (κ2) is 10.2. The number of amides is 2. The van der Waals surface area contributed by atoms with Crippen LogP contribution in [-0.4, -0.2) is 57.1 Å². The van der Waals surface area contributed by atoms with Gasteiger partial charge in [-0.25, -0.2) is 4.79 Å². The summed E-state index contributed by atoms with van der Waals surface area (Å²) in [4.78, 5) is 41.1. The first-order chi connectivity index (χ1) is 17.0. The smallest absolute Gasteiger partial charge is 0.332 e. The monoisotopic (exact) mass is 508 g/mol. The molecule has 180 valence electrons. The minimum absolute atomic E-state index is 0.197. The molecule has 0 aliphatic carbocycles. The Morgan fingerprint density at radius 2 is 1.69 bits per heavy atom. The van der Waals surface area contributed by atoms with Crippen molar-refractivity contribution in [2.45, 2.75) is 36.1 Å². The maximum atomic E-state index is 13.4. The summed E-state index contributed by atoms with van der Waals surface area (Å²) in [5.74, 6) is -1.05. The molecule has 3 aromatic rings. The number of aliphatic hydroxyl groups excluding tert-OH is 1. The quantitative estimate of drug-likeness (QED) is 0.376. The van der Waals surface area contributed by atoms with Crippen LogP contribution in [0.4, 0.5) is 0 Å². The Morgan fingerprint density at radius 3 is 2.29 bits per heavy atom. The Balaban J connectivity index is 1.31. The van der Waals surface area contributed by atoms with Gasteiger partial charge in [0.1, 0.15) is 11.4 Å². The summed E-state index contributed by atoms with van der Waals surface area (Å²) in [7, 11) is 0. The van der Waals surface area contributed by atoms with Gasteiger partial charge in [0.2, 0.25) is 11.8 Å². The van der Waals surface area contributed by atoms with Crippen molar-refractivity contribution in [2.24, 2.45) is 0 Å². The van der Waals surface area contributed by atoms with Crippen LogP contribution in [0.1, 0.15) is 22.1 Å². The Bertz CT molecular complexity index is 1150. The van der Waals surface area contributed by atoms with E-state index in [0.29, 0.717) is 0 Å². The number of carbonyl (C=O) groups is 3. The zero-order valence-corrected chi connectivity index (χ0v) is 20.3. The van der Waals surface area contributed by atoms with Gasteiger partial charge in [0.15, 0.2) is 12.1 Å². The molecule has 0 spiro atoms. The zero-order chi connectivity index (χ0) is 24.4. The number of fused-ring (bicyclic) bond motifs is 1. The van der Waals surface area contributed by atoms with E-state index in [1.165, 1.54) is 28.0 Å². The largest absolute Gasteiger partial charge is 0.451 e. The highest BCUT2D eigenvalue weighted by molar-refractivity contribution is 8.00. The fourth-order valence-electron chi connectivity index (χ4n) is 4.40. The van der Waals surface area contributed by atoms with E-state index in [0.717, 1.165) is 16.0 Å². The molecule has 0 radical (unpaired) electrons. The van der Waals surface area contributed by atoms with Gasteiger partial charge >= 0.3 is 5.97 Å². The molecule has 2 N–H and O–H groups in total. The average molecular weight is 509 g/mol. The molecule has 1 unspecified atom stereocenters. The van der Waals surface area contributed by atoms with Crippen LogP contribution in [0.15, 0.2) is 78.2 Å². The number of nitrogens with one attached hydrogen (secondary N) is 1. The van der Waals surface area contributed by atoms with Gasteiger partial charge in [-0.3, -0.25) is 9.59 Å². The van der Waals surface area contributed by atoms with Crippen LogP contribution >= 0.6 is 23.1 Å². The molecule has 2 amide bonds. The number of rotatable bonds is 7. The molecule has 2 fully saturated rings. The van der Waals surface area contributed by atoms with Crippen molar-refractivity contribution in [3.63, 3.8) is 0 Å². The molecule has 0 saturated carbocycles. The van der Waals surface area contributed by atoms with Crippen molar-refractivity contribution in [3.05, 3.63) is 94.2 Å². The predicted octanol–water partition coefficient (Wildman–Crippen LogP) is 2.75. The molecule has 35 heavy (non-hydrogen) atoms. The van der Waals surface area contributed by atoms with Crippen LogP contribution in [0, 0.1) is 0 Å². The molecule has 9 heteroatoms. The summed E-state index contributed by atoms with van der Waals surface area (Å²) in [6, 6.07) is 20.6. The van der Waals surface area contributed by atoms with E-state index >= 15 is 0 Å². The van der Waals surface area contributed by atoms with E-state index in [2.05, 4.69) is 5.32 Å². The van der Waals surface area contributed by atoms with Crippen molar-refractivity contribution in [1.82, 2.24) is 10.2 Å². The number of esters is 1. The molecule has 2 saturated heterocycles. The van der Waals surface area contributed by atoms with Gasteiger partial charge in [-0.05, 0) is 22.6 Å². The lowest BCUT2D eigenvalue weighted by Crippen LogP contribution is -2.76. The van der Waals surface area contributed by atoms with Gasteiger partial charge in [-0.1, -0.05) is 66.7 Å². The fourth-order valence-corrected chi connectivity index (χ4v) is 6.45. The van der Waals surface area contributed by atoms with Crippen molar-refractivity contribution in [2.75, 3.05) is 5.75 Å². The van der Waals surface area contributed by atoms with Gasteiger partial charge in [0.25, 0.3) is 0 Å². The maximum Gasteiger partial charge on any atom is 0.332 e. The number of β-lactam (4-membered cyclic amide) rings is 1. The molecule has 4 atom stereocenters. The number of thiophene rings is 1. The lowest BCUT2D eigenvalue weighted by atomic mass is 9.98. The van der Waals surface area contributed by atoms with Crippen LogP contribution in [0.3, 0.4) is 0 Å². The van der Waals surface area contributed by atoms with Crippen molar-refractivity contribution >= 4 is 40.9 Å². The second-order valence-corrected chi connectivity index (χ2v) is 10.6. The predicted molar refractivity (Wildman–Crippen MR) is 134 cm³/mol. The minimum Gasteiger partial charge on any atom is -0.451 e. The minimum atomic E-state index is -1.13. The highest BCUT2D eigenvalue weighted by Gasteiger charge is 2.58. The van der Waals surface area contributed by atoms with Gasteiger partial charge in [0, 0.05) is 10.6 Å². The Hall–Kier alpha value is -3.14. The summed E-state index contributed by atoms with van der Waals surface area (Å²) in [5.41, 5.74) is 1.58. The van der Waals surface area contributed by atoms with E-state index in [-0.39, 0.29) is 18.1 Å². The highest BCUT2D eigenvalue weighted by atomic mass is 32.2. The summed E-state index contributed by atoms with van der Waals surface area (Å²) in [5, 5.41) is 14.9. The second-order valence-electron chi connectivity index (χ2n) is 8.42. The van der Waals surface area contributed by atoms with Gasteiger partial charge in [-0.2, -0.15) is 0 Å². The Kier molecular flexibility index (Phi) is 6.90. The van der Waals surface area contributed by atoms with Gasteiger partial charge in [-0.15, -0.1) is 23.1 Å². The van der Waals surface area contributed by atoms with Crippen molar-refractivity contribution in [1.29, 1.82) is 0 Å². The molecule has 1 aromatic heterocycles. The number of benzene rings is 2. The first-order valence-corrected chi connectivity index (χ1v) is 13.2. The van der Waals surface area contributed by atoms with Crippen LogP contribution < -0.4 is 5.32 Å². The topological polar surface area (TPSA) is 95.9 Å². The first-order valence-electron chi connectivity index (χ1n) is 11.3. The lowest BCUT2D eigenvalue weighted by Gasteiger charge is -2.53. The van der Waals surface area contributed by atoms with E-state index in [9.17, 15) is 19.5 Å². The van der Waals surface area contributed by atoms with Gasteiger partial charge < -0.3 is 20.1 Å². The average Bonchev–Trinajstić information content (AvgIpc) is 3.39. The van der Waals surface area contributed by atoms with Crippen LogP contribution in [0.25, 0.3) is 0 Å². The number of carbonyl (C=O) groups excluding carboxylic acids is 3. The lowest BCUT2D eigenvalue weighted by molar-refractivity contribution is -0.173. The molecular weight excluding hydrogens is 484 g/mol. The first kappa shape index (κ1) is 23.6. The molecular formula is C26H24N2O5S2. The molecule has 0 bridgehead atoms. The van der Waals surface area contributed by atoms with E-state index in [4.69, 9.17) is 4.74 Å². The van der Waals surface area contributed by atoms with E-state index < -0.39 is 41.5 Å². The molecule has 2 aromatic carbocycles. The SMILES string of the molecule is O=C(Cc1cccs1)N[C@@H]1C(=O)N2[C@@H](C(=O)OC(c3ccccc3)c3ccccc3)C(O)CS[C@@H]12. The normalized spacial score (nSPS) is 23.4. The summed E-state index contributed by atoms with van der Waals surface area (Å²) in [6.45, 7) is 0.